The van der Waals surface area contributed by atoms with Crippen LogP contribution >= 0.6 is 0 Å². The second kappa shape index (κ2) is 3.48. The monoisotopic (exact) mass is 209 g/mol. The predicted molar refractivity (Wildman–Crippen MR) is 52.6 cm³/mol. The predicted octanol–water partition coefficient (Wildman–Crippen LogP) is 0.851. The van der Waals surface area contributed by atoms with E-state index in [4.69, 9.17) is 4.74 Å². The Hall–Kier alpha value is -1.10. The summed E-state index contributed by atoms with van der Waals surface area (Å²) in [4.78, 5) is 2.45. The van der Waals surface area contributed by atoms with Crippen molar-refractivity contribution in [1.82, 2.24) is 15.2 Å². The first-order valence-electron chi connectivity index (χ1n) is 5.51. The molecule has 82 valence electrons. The third-order valence-electron chi connectivity index (χ3n) is 3.47. The highest BCUT2D eigenvalue weighted by molar-refractivity contribution is 5.12. The zero-order chi connectivity index (χ0) is 10.3. The molecule has 0 radical (unpaired) electrons. The molecule has 1 unspecified atom stereocenters. The summed E-state index contributed by atoms with van der Waals surface area (Å²) in [6, 6.07) is 0. The zero-order valence-electron chi connectivity index (χ0n) is 8.85. The van der Waals surface area contributed by atoms with E-state index in [0.29, 0.717) is 11.8 Å². The Labute approximate surface area is 88.3 Å². The van der Waals surface area contributed by atoms with Gasteiger partial charge in [0.2, 0.25) is 0 Å². The molecule has 0 N–H and O–H groups in total. The summed E-state index contributed by atoms with van der Waals surface area (Å²) in [5, 5.41) is 7.49. The maximum atomic E-state index is 5.85. The molecule has 0 aromatic carbocycles. The lowest BCUT2D eigenvalue weighted by atomic mass is 9.86. The molecule has 15 heavy (non-hydrogen) atoms. The third-order valence-corrected chi connectivity index (χ3v) is 3.47. The first-order valence-corrected chi connectivity index (χ1v) is 5.51. The van der Waals surface area contributed by atoms with Gasteiger partial charge in [0.1, 0.15) is 11.8 Å². The largest absolute Gasteiger partial charge is 0.469 e. The first kappa shape index (κ1) is 9.15. The van der Waals surface area contributed by atoms with Gasteiger partial charge in [-0.25, -0.2) is 4.63 Å². The van der Waals surface area contributed by atoms with Crippen molar-refractivity contribution in [2.45, 2.75) is 25.9 Å². The Morgan fingerprint density at radius 1 is 1.33 bits per heavy atom. The quantitative estimate of drug-likeness (QED) is 0.722. The Kier molecular flexibility index (Phi) is 2.12. The van der Waals surface area contributed by atoms with Crippen molar-refractivity contribution in [3.63, 3.8) is 0 Å². The molecule has 5 heteroatoms. The van der Waals surface area contributed by atoms with Crippen LogP contribution < -0.4 is 4.74 Å². The van der Waals surface area contributed by atoms with Crippen molar-refractivity contribution in [1.29, 1.82) is 0 Å². The highest BCUT2D eigenvalue weighted by Crippen LogP contribution is 2.30. The minimum atomic E-state index is 0.276. The number of fused-ring (bicyclic) bond motifs is 3. The van der Waals surface area contributed by atoms with Gasteiger partial charge in [0.05, 0.1) is 0 Å². The van der Waals surface area contributed by atoms with E-state index in [0.717, 1.165) is 12.2 Å². The number of hydrogen-bond acceptors (Lipinski definition) is 5. The van der Waals surface area contributed by atoms with E-state index in [2.05, 4.69) is 19.8 Å². The van der Waals surface area contributed by atoms with Gasteiger partial charge in [-0.05, 0) is 43.9 Å². The lowest BCUT2D eigenvalue weighted by Crippen LogP contribution is -2.52. The molecule has 1 atom stereocenters. The van der Waals surface area contributed by atoms with Gasteiger partial charge in [0.25, 0.3) is 5.88 Å². The molecule has 1 aromatic rings. The van der Waals surface area contributed by atoms with Crippen molar-refractivity contribution in [3.05, 3.63) is 5.69 Å². The fourth-order valence-corrected chi connectivity index (χ4v) is 2.52. The number of aromatic nitrogens is 2. The molecule has 3 aliphatic heterocycles. The number of rotatable bonds is 2. The lowest BCUT2D eigenvalue weighted by molar-refractivity contribution is -0.0117. The number of aryl methyl sites for hydroxylation is 1. The highest BCUT2D eigenvalue weighted by atomic mass is 16.6. The van der Waals surface area contributed by atoms with E-state index in [-0.39, 0.29) is 6.10 Å². The van der Waals surface area contributed by atoms with Crippen LogP contribution in [0.4, 0.5) is 0 Å². The van der Waals surface area contributed by atoms with E-state index in [1.807, 2.05) is 6.92 Å². The van der Waals surface area contributed by atoms with Crippen molar-refractivity contribution in [2.24, 2.45) is 5.92 Å². The van der Waals surface area contributed by atoms with E-state index >= 15 is 0 Å². The van der Waals surface area contributed by atoms with E-state index in [1.54, 1.807) is 0 Å². The Morgan fingerprint density at radius 3 is 2.67 bits per heavy atom. The van der Waals surface area contributed by atoms with Crippen molar-refractivity contribution in [3.8, 4) is 5.88 Å². The van der Waals surface area contributed by atoms with Gasteiger partial charge < -0.3 is 4.74 Å². The van der Waals surface area contributed by atoms with E-state index < -0.39 is 0 Å². The summed E-state index contributed by atoms with van der Waals surface area (Å²) in [6.07, 6.45) is 2.77. The molecule has 5 nitrogen and oxygen atoms in total. The minimum Gasteiger partial charge on any atom is -0.469 e. The van der Waals surface area contributed by atoms with Gasteiger partial charge in [-0.2, -0.15) is 0 Å². The summed E-state index contributed by atoms with van der Waals surface area (Å²) in [5.74, 6) is 1.25. The summed E-state index contributed by atoms with van der Waals surface area (Å²) in [6.45, 7) is 5.32. The average molecular weight is 209 g/mol. The van der Waals surface area contributed by atoms with Crippen LogP contribution in [0.25, 0.3) is 0 Å². The maximum Gasteiger partial charge on any atom is 0.279 e. The molecule has 0 spiro atoms. The summed E-state index contributed by atoms with van der Waals surface area (Å²) in [5.41, 5.74) is 0.742. The fraction of sp³-hybridized carbons (Fsp3) is 0.800. The number of ether oxygens (including phenoxy) is 1. The number of nitrogens with zero attached hydrogens (tertiary/aromatic N) is 3. The van der Waals surface area contributed by atoms with E-state index in [9.17, 15) is 0 Å². The fourth-order valence-electron chi connectivity index (χ4n) is 2.52. The molecule has 3 fully saturated rings. The van der Waals surface area contributed by atoms with Gasteiger partial charge in [-0.1, -0.05) is 5.16 Å². The van der Waals surface area contributed by atoms with E-state index in [1.165, 1.54) is 25.9 Å². The van der Waals surface area contributed by atoms with Crippen LogP contribution in [0.2, 0.25) is 0 Å². The molecule has 0 aliphatic carbocycles. The molecule has 3 saturated heterocycles. The van der Waals surface area contributed by atoms with Gasteiger partial charge >= 0.3 is 0 Å². The SMILES string of the molecule is Cc1nonc1OC1CN2CCC1CC2. The second-order valence-corrected chi connectivity index (χ2v) is 4.45. The standard InChI is InChI=1S/C10H15N3O2/c1-7-10(12-15-11-7)14-9-6-13-4-2-8(9)3-5-13/h8-9H,2-6H2,1H3. The molecular formula is C10H15N3O2. The van der Waals surface area contributed by atoms with Crippen LogP contribution in [0.15, 0.2) is 4.63 Å². The summed E-state index contributed by atoms with van der Waals surface area (Å²) >= 11 is 0. The molecule has 4 heterocycles. The smallest absolute Gasteiger partial charge is 0.279 e. The molecule has 3 aliphatic rings. The third kappa shape index (κ3) is 1.61. The zero-order valence-corrected chi connectivity index (χ0v) is 8.85. The normalized spacial score (nSPS) is 34.3. The molecule has 0 amide bonds. The van der Waals surface area contributed by atoms with Crippen LogP contribution in [0.3, 0.4) is 0 Å². The second-order valence-electron chi connectivity index (χ2n) is 4.45. The summed E-state index contributed by atoms with van der Waals surface area (Å²) in [7, 11) is 0. The molecule has 0 saturated carbocycles. The van der Waals surface area contributed by atoms with Crippen molar-refractivity contribution >= 4 is 0 Å². The van der Waals surface area contributed by atoms with Crippen LogP contribution in [-0.4, -0.2) is 41.0 Å². The highest BCUT2D eigenvalue weighted by Gasteiger charge is 2.36. The van der Waals surface area contributed by atoms with Crippen LogP contribution in [0, 0.1) is 12.8 Å². The minimum absolute atomic E-state index is 0.276. The van der Waals surface area contributed by atoms with Crippen molar-refractivity contribution < 1.29 is 9.37 Å². The van der Waals surface area contributed by atoms with Crippen LogP contribution in [-0.2, 0) is 0 Å². The van der Waals surface area contributed by atoms with Crippen molar-refractivity contribution in [2.75, 3.05) is 19.6 Å². The van der Waals surface area contributed by atoms with Crippen LogP contribution in [0.5, 0.6) is 5.88 Å². The number of piperidine rings is 3. The Balaban J connectivity index is 1.71. The van der Waals surface area contributed by atoms with Gasteiger partial charge in [-0.3, -0.25) is 4.90 Å². The van der Waals surface area contributed by atoms with Gasteiger partial charge in [-0.15, -0.1) is 0 Å². The topological polar surface area (TPSA) is 51.4 Å². The molecule has 4 rings (SSSR count). The average Bonchev–Trinajstić information content (AvgIpc) is 2.66. The lowest BCUT2D eigenvalue weighted by Gasteiger charge is -2.43. The molecule has 1 aromatic heterocycles. The van der Waals surface area contributed by atoms with Crippen LogP contribution in [0.1, 0.15) is 18.5 Å². The first-order chi connectivity index (χ1) is 7.33. The molecular weight excluding hydrogens is 194 g/mol. The summed E-state index contributed by atoms with van der Waals surface area (Å²) < 4.78 is 10.5. The maximum absolute atomic E-state index is 5.85. The van der Waals surface area contributed by atoms with Gasteiger partial charge in [0, 0.05) is 6.54 Å². The van der Waals surface area contributed by atoms with Gasteiger partial charge in [0.15, 0.2) is 0 Å². The Morgan fingerprint density at radius 2 is 2.13 bits per heavy atom. The Bertz CT molecular complexity index is 344. The molecule has 2 bridgehead atoms. The number of hydrogen-bond donors (Lipinski definition) is 0.